The lowest BCUT2D eigenvalue weighted by molar-refractivity contribution is 0.0714. The van der Waals surface area contributed by atoms with E-state index >= 15 is 0 Å². The second-order valence-corrected chi connectivity index (χ2v) is 9.83. The molecule has 1 fully saturated rings. The first-order valence-electron chi connectivity index (χ1n) is 11.4. The number of aliphatic hydroxyl groups is 1. The van der Waals surface area contributed by atoms with Crippen molar-refractivity contribution in [1.82, 2.24) is 20.1 Å². The number of aromatic nitrogens is 3. The number of nitrogens with one attached hydrogen (secondary N) is 1. The van der Waals surface area contributed by atoms with Crippen molar-refractivity contribution in [3.05, 3.63) is 70.5 Å². The highest BCUT2D eigenvalue weighted by Crippen LogP contribution is 2.28. The average Bonchev–Trinajstić information content (AvgIpc) is 3.41. The number of aryl methyl sites for hydroxylation is 2. The summed E-state index contributed by atoms with van der Waals surface area (Å²) in [5.74, 6) is -0.210. The summed E-state index contributed by atoms with van der Waals surface area (Å²) in [6.45, 7) is 2.02. The van der Waals surface area contributed by atoms with E-state index < -0.39 is 6.10 Å². The Hall–Kier alpha value is -3.03. The van der Waals surface area contributed by atoms with E-state index in [1.807, 2.05) is 42.4 Å². The maximum atomic E-state index is 13.0. The van der Waals surface area contributed by atoms with Crippen LogP contribution >= 0.6 is 11.3 Å². The fraction of sp³-hybridized carbons (Fsp3) is 0.346. The summed E-state index contributed by atoms with van der Waals surface area (Å²) in [6.07, 6.45) is 5.86. The van der Waals surface area contributed by atoms with Gasteiger partial charge in [0.2, 0.25) is 0 Å². The Kier molecular flexibility index (Phi) is 6.00. The minimum atomic E-state index is -0.478. The van der Waals surface area contributed by atoms with Gasteiger partial charge in [-0.25, -0.2) is 4.98 Å². The third-order valence-corrected chi connectivity index (χ3v) is 7.42. The quantitative estimate of drug-likeness (QED) is 0.455. The molecule has 170 valence electrons. The van der Waals surface area contributed by atoms with E-state index in [1.54, 1.807) is 11.3 Å². The van der Waals surface area contributed by atoms with Crippen LogP contribution in [0, 0.1) is 6.92 Å². The Morgan fingerprint density at radius 3 is 2.73 bits per heavy atom. The summed E-state index contributed by atoms with van der Waals surface area (Å²) in [4.78, 5) is 17.6. The Morgan fingerprint density at radius 2 is 2.00 bits per heavy atom. The molecule has 0 unspecified atom stereocenters. The lowest BCUT2D eigenvalue weighted by Gasteiger charge is -2.28. The predicted octanol–water partition coefficient (Wildman–Crippen LogP) is 4.63. The molecule has 0 bridgehead atoms. The molecule has 1 aliphatic carbocycles. The van der Waals surface area contributed by atoms with Crippen LogP contribution in [0.2, 0.25) is 0 Å². The van der Waals surface area contributed by atoms with Crippen LogP contribution < -0.4 is 5.32 Å². The van der Waals surface area contributed by atoms with Gasteiger partial charge in [0, 0.05) is 18.8 Å². The van der Waals surface area contributed by atoms with E-state index in [2.05, 4.69) is 39.7 Å². The maximum absolute atomic E-state index is 13.0. The van der Waals surface area contributed by atoms with E-state index in [9.17, 15) is 9.90 Å². The summed E-state index contributed by atoms with van der Waals surface area (Å²) >= 11 is 1.65. The maximum Gasteiger partial charge on any atom is 0.270 e. The zero-order valence-electron chi connectivity index (χ0n) is 18.9. The van der Waals surface area contributed by atoms with Gasteiger partial charge in [0.1, 0.15) is 5.69 Å². The van der Waals surface area contributed by atoms with Crippen LogP contribution in [0.4, 0.5) is 0 Å². The Labute approximate surface area is 197 Å². The van der Waals surface area contributed by atoms with Gasteiger partial charge >= 0.3 is 0 Å². The van der Waals surface area contributed by atoms with Crippen LogP contribution in [0.25, 0.3) is 21.3 Å². The van der Waals surface area contributed by atoms with Gasteiger partial charge in [-0.2, -0.15) is 5.10 Å². The highest BCUT2D eigenvalue weighted by Gasteiger charge is 2.25. The summed E-state index contributed by atoms with van der Waals surface area (Å²) < 4.78 is 2.94. The molecule has 5 rings (SSSR count). The van der Waals surface area contributed by atoms with Crippen LogP contribution in [0.3, 0.4) is 0 Å². The number of rotatable bonds is 5. The number of pyridine rings is 1. The normalized spacial score (nSPS) is 18.5. The van der Waals surface area contributed by atoms with E-state index in [-0.39, 0.29) is 11.9 Å². The molecule has 3 heterocycles. The van der Waals surface area contributed by atoms with Gasteiger partial charge in [-0.05, 0) is 60.4 Å². The fourth-order valence-corrected chi connectivity index (χ4v) is 5.55. The first-order valence-corrected chi connectivity index (χ1v) is 12.3. The molecule has 1 aliphatic rings. The smallest absolute Gasteiger partial charge is 0.270 e. The zero-order valence-corrected chi connectivity index (χ0v) is 19.7. The molecule has 0 spiro atoms. The molecule has 2 atom stereocenters. The van der Waals surface area contributed by atoms with Gasteiger partial charge in [-0.1, -0.05) is 37.1 Å². The first-order chi connectivity index (χ1) is 16.0. The highest BCUT2D eigenvalue weighted by molar-refractivity contribution is 7.17. The van der Waals surface area contributed by atoms with Crippen molar-refractivity contribution in [1.29, 1.82) is 0 Å². The Bertz CT molecular complexity index is 1290. The second kappa shape index (κ2) is 9.08. The number of amides is 1. The number of nitrogens with zero attached hydrogens (tertiary/aromatic N) is 3. The highest BCUT2D eigenvalue weighted by atomic mass is 32.1. The zero-order chi connectivity index (χ0) is 22.9. The van der Waals surface area contributed by atoms with Gasteiger partial charge in [-0.15, -0.1) is 11.3 Å². The average molecular weight is 461 g/mol. The Morgan fingerprint density at radius 1 is 1.21 bits per heavy atom. The van der Waals surface area contributed by atoms with E-state index in [1.165, 1.54) is 5.56 Å². The van der Waals surface area contributed by atoms with Gasteiger partial charge in [0.05, 0.1) is 28.1 Å². The van der Waals surface area contributed by atoms with Gasteiger partial charge in [0.25, 0.3) is 5.91 Å². The van der Waals surface area contributed by atoms with Crippen molar-refractivity contribution in [2.24, 2.45) is 7.05 Å². The number of benzene rings is 1. The van der Waals surface area contributed by atoms with Crippen molar-refractivity contribution >= 4 is 27.5 Å². The summed E-state index contributed by atoms with van der Waals surface area (Å²) in [6, 6.07) is 12.2. The standard InChI is InChI=1S/C26H28N4O2S/c1-16-20(15-30(2)29-16)18-9-7-17(8-10-18)13-19-14-23(27-22-11-12-33-25(19)22)26(32)28-21-5-3-4-6-24(21)31/h7-12,14-15,21,24,31H,3-6,13H2,1-2H3,(H,28,32)/t21-,24-/m0/s1. The number of fused-ring (bicyclic) bond motifs is 1. The first kappa shape index (κ1) is 21.8. The fourth-order valence-electron chi connectivity index (χ4n) is 4.70. The molecule has 0 radical (unpaired) electrons. The predicted molar refractivity (Wildman–Crippen MR) is 132 cm³/mol. The molecular formula is C26H28N4O2S. The number of hydrogen-bond acceptors (Lipinski definition) is 5. The number of aliphatic hydroxyl groups excluding tert-OH is 1. The SMILES string of the molecule is Cc1nn(C)cc1-c1ccc(Cc2cc(C(=O)N[C@H]3CCCC[C@@H]3O)nc3ccsc23)cc1. The number of hydrogen-bond donors (Lipinski definition) is 2. The number of carbonyl (C=O) groups is 1. The van der Waals surface area contributed by atoms with Crippen LogP contribution in [0.15, 0.2) is 48.0 Å². The van der Waals surface area contributed by atoms with E-state index in [0.717, 1.165) is 64.7 Å². The molecule has 1 aromatic carbocycles. The summed E-state index contributed by atoms with van der Waals surface area (Å²) in [7, 11) is 1.93. The van der Waals surface area contributed by atoms with Gasteiger partial charge < -0.3 is 10.4 Å². The molecule has 33 heavy (non-hydrogen) atoms. The number of thiophene rings is 1. The second-order valence-electron chi connectivity index (χ2n) is 8.91. The molecule has 1 saturated carbocycles. The molecule has 7 heteroatoms. The van der Waals surface area contributed by atoms with Crippen LogP contribution in [0.5, 0.6) is 0 Å². The topological polar surface area (TPSA) is 80.0 Å². The molecule has 6 nitrogen and oxygen atoms in total. The molecule has 0 saturated heterocycles. The van der Waals surface area contributed by atoms with Crippen molar-refractivity contribution in [2.75, 3.05) is 0 Å². The monoisotopic (exact) mass is 460 g/mol. The van der Waals surface area contributed by atoms with Crippen molar-refractivity contribution in [3.8, 4) is 11.1 Å². The van der Waals surface area contributed by atoms with Gasteiger partial charge in [-0.3, -0.25) is 9.48 Å². The third kappa shape index (κ3) is 4.56. The van der Waals surface area contributed by atoms with Crippen molar-refractivity contribution in [2.45, 2.75) is 51.2 Å². The Balaban J connectivity index is 1.39. The van der Waals surface area contributed by atoms with Crippen molar-refractivity contribution in [3.63, 3.8) is 0 Å². The summed E-state index contributed by atoms with van der Waals surface area (Å²) in [5, 5.41) is 19.7. The molecule has 1 amide bonds. The largest absolute Gasteiger partial charge is 0.391 e. The molecular weight excluding hydrogens is 432 g/mol. The van der Waals surface area contributed by atoms with E-state index in [4.69, 9.17) is 0 Å². The molecule has 4 aromatic rings. The van der Waals surface area contributed by atoms with E-state index in [0.29, 0.717) is 5.69 Å². The van der Waals surface area contributed by atoms with Crippen LogP contribution in [-0.2, 0) is 13.5 Å². The van der Waals surface area contributed by atoms with Gasteiger partial charge in [0.15, 0.2) is 0 Å². The van der Waals surface area contributed by atoms with Crippen molar-refractivity contribution < 1.29 is 9.90 Å². The lowest BCUT2D eigenvalue weighted by atomic mass is 9.92. The molecule has 2 N–H and O–H groups in total. The summed E-state index contributed by atoms with van der Waals surface area (Å²) in [5.41, 5.74) is 6.82. The minimum Gasteiger partial charge on any atom is -0.391 e. The lowest BCUT2D eigenvalue weighted by Crippen LogP contribution is -2.45. The molecule has 3 aromatic heterocycles. The number of carbonyl (C=O) groups excluding carboxylic acids is 1. The van der Waals surface area contributed by atoms with Crippen LogP contribution in [0.1, 0.15) is 53.0 Å². The van der Waals surface area contributed by atoms with Crippen LogP contribution in [-0.4, -0.2) is 37.9 Å². The minimum absolute atomic E-state index is 0.196. The molecule has 0 aliphatic heterocycles. The third-order valence-electron chi connectivity index (χ3n) is 6.44.